The lowest BCUT2D eigenvalue weighted by Crippen LogP contribution is -2.35. The number of aromatic nitrogens is 5. The fourth-order valence-corrected chi connectivity index (χ4v) is 3.44. The Morgan fingerprint density at radius 3 is 2.41 bits per heavy atom. The van der Waals surface area contributed by atoms with E-state index in [1.165, 1.54) is 7.11 Å². The minimum Gasteiger partial charge on any atom is -0.481 e. The first-order valence-corrected chi connectivity index (χ1v) is 10.7. The molecule has 0 radical (unpaired) electrons. The van der Waals surface area contributed by atoms with Crippen molar-refractivity contribution >= 4 is 17.3 Å². The Morgan fingerprint density at radius 1 is 1.03 bits per heavy atom. The van der Waals surface area contributed by atoms with Gasteiger partial charge >= 0.3 is 6.09 Å². The molecule has 2 atom stereocenters. The summed E-state index contributed by atoms with van der Waals surface area (Å²) >= 11 is 0. The lowest BCUT2D eigenvalue weighted by atomic mass is 10.0. The number of fused-ring (bicyclic) bond motifs is 1. The van der Waals surface area contributed by atoms with Gasteiger partial charge in [0.1, 0.15) is 23.3 Å². The summed E-state index contributed by atoms with van der Waals surface area (Å²) in [6, 6.07) is 6.37. The van der Waals surface area contributed by atoms with Gasteiger partial charge in [0.25, 0.3) is 0 Å². The number of carbonyl (C=O) groups is 1. The Hall–Kier alpha value is -4.05. The number of H-pyrrole nitrogens is 1. The van der Waals surface area contributed by atoms with E-state index >= 15 is 0 Å². The van der Waals surface area contributed by atoms with E-state index in [0.29, 0.717) is 39.4 Å². The van der Waals surface area contributed by atoms with E-state index in [1.54, 1.807) is 76.0 Å². The van der Waals surface area contributed by atoms with Gasteiger partial charge < -0.3 is 24.9 Å². The number of hydrogen-bond donors (Lipinski definition) is 3. The number of amides is 1. The predicted molar refractivity (Wildman–Crippen MR) is 124 cm³/mol. The summed E-state index contributed by atoms with van der Waals surface area (Å²) in [4.78, 5) is 32.8. The molecule has 0 aliphatic rings. The molecule has 34 heavy (non-hydrogen) atoms. The van der Waals surface area contributed by atoms with Gasteiger partial charge in [-0.15, -0.1) is 0 Å². The molecule has 0 saturated heterocycles. The summed E-state index contributed by atoms with van der Waals surface area (Å²) in [7, 11) is 1.53. The molecule has 4 aromatic rings. The standard InChI is InChI=1S/C24H26N6O4/c1-24(2,3)34-23(32)30-19(14-6-8-18(33-4)28-11-14)17-7-5-15(12-27-17)21(31)16-13-29-22-20(16)25-9-10-26-22/h5-13,19,21,31H,1-4H3,(H,26,29)(H,30,32). The molecular formula is C24H26N6O4. The maximum absolute atomic E-state index is 12.5. The van der Waals surface area contributed by atoms with Gasteiger partial charge in [-0.2, -0.15) is 0 Å². The van der Waals surface area contributed by atoms with Gasteiger partial charge in [0, 0.05) is 48.2 Å². The van der Waals surface area contributed by atoms with Crippen molar-refractivity contribution in [3.8, 4) is 5.88 Å². The number of nitrogens with zero attached hydrogens (tertiary/aromatic N) is 4. The van der Waals surface area contributed by atoms with Crippen molar-refractivity contribution in [3.63, 3.8) is 0 Å². The second kappa shape index (κ2) is 9.44. The molecule has 3 N–H and O–H groups in total. The summed E-state index contributed by atoms with van der Waals surface area (Å²) < 4.78 is 10.6. The predicted octanol–water partition coefficient (Wildman–Crippen LogP) is 3.45. The molecule has 0 saturated carbocycles. The minimum atomic E-state index is -0.952. The van der Waals surface area contributed by atoms with E-state index in [2.05, 4.69) is 30.2 Å². The largest absolute Gasteiger partial charge is 0.481 e. The number of rotatable bonds is 6. The summed E-state index contributed by atoms with van der Waals surface area (Å²) in [6.45, 7) is 5.38. The molecule has 2 unspecified atom stereocenters. The molecule has 4 heterocycles. The molecule has 0 fully saturated rings. The second-order valence-corrected chi connectivity index (χ2v) is 8.63. The lowest BCUT2D eigenvalue weighted by Gasteiger charge is -2.24. The van der Waals surface area contributed by atoms with Gasteiger partial charge in [-0.05, 0) is 38.5 Å². The van der Waals surface area contributed by atoms with Crippen molar-refractivity contribution in [1.82, 2.24) is 30.2 Å². The van der Waals surface area contributed by atoms with Crippen molar-refractivity contribution in [2.45, 2.75) is 38.5 Å². The van der Waals surface area contributed by atoms with Crippen LogP contribution in [0.2, 0.25) is 0 Å². The second-order valence-electron chi connectivity index (χ2n) is 8.63. The fourth-order valence-electron chi connectivity index (χ4n) is 3.44. The number of aliphatic hydroxyl groups excluding tert-OH is 1. The number of nitrogens with one attached hydrogen (secondary N) is 2. The maximum Gasteiger partial charge on any atom is 0.408 e. The van der Waals surface area contributed by atoms with Gasteiger partial charge in [-0.25, -0.2) is 14.8 Å². The van der Waals surface area contributed by atoms with E-state index in [-0.39, 0.29) is 0 Å². The van der Waals surface area contributed by atoms with E-state index in [4.69, 9.17) is 9.47 Å². The van der Waals surface area contributed by atoms with Crippen LogP contribution in [0, 0.1) is 0 Å². The molecule has 10 heteroatoms. The van der Waals surface area contributed by atoms with Crippen molar-refractivity contribution < 1.29 is 19.4 Å². The summed E-state index contributed by atoms with van der Waals surface area (Å²) in [5.41, 5.74) is 2.94. The van der Waals surface area contributed by atoms with Gasteiger partial charge in [0.05, 0.1) is 12.8 Å². The molecule has 0 spiro atoms. The minimum absolute atomic E-state index is 0.452. The van der Waals surface area contributed by atoms with Crippen LogP contribution in [0.15, 0.2) is 55.2 Å². The number of aliphatic hydroxyl groups is 1. The third-order valence-corrected chi connectivity index (χ3v) is 5.01. The highest BCUT2D eigenvalue weighted by molar-refractivity contribution is 5.75. The monoisotopic (exact) mass is 462 g/mol. The Bertz CT molecular complexity index is 1270. The SMILES string of the molecule is COc1ccc(C(NC(=O)OC(C)(C)C)c2ccc(C(O)c3c[nH]c4nccnc34)cn2)cn1. The number of ether oxygens (including phenoxy) is 2. The number of carbonyl (C=O) groups excluding carboxylic acids is 1. The zero-order valence-electron chi connectivity index (χ0n) is 19.3. The van der Waals surface area contributed by atoms with Crippen LogP contribution in [0.3, 0.4) is 0 Å². The smallest absolute Gasteiger partial charge is 0.408 e. The first kappa shape index (κ1) is 23.1. The van der Waals surface area contributed by atoms with Crippen molar-refractivity contribution in [2.75, 3.05) is 7.11 Å². The molecule has 0 aliphatic carbocycles. The topological polar surface area (TPSA) is 135 Å². The average Bonchev–Trinajstić information content (AvgIpc) is 3.25. The van der Waals surface area contributed by atoms with Crippen molar-refractivity contribution in [2.24, 2.45) is 0 Å². The van der Waals surface area contributed by atoms with Gasteiger partial charge in [0.2, 0.25) is 5.88 Å². The van der Waals surface area contributed by atoms with Crippen molar-refractivity contribution in [1.29, 1.82) is 0 Å². The van der Waals surface area contributed by atoms with E-state index in [9.17, 15) is 9.90 Å². The van der Waals surface area contributed by atoms with Crippen LogP contribution in [0.25, 0.3) is 11.2 Å². The van der Waals surface area contributed by atoms with Crippen LogP contribution in [0.5, 0.6) is 5.88 Å². The first-order valence-electron chi connectivity index (χ1n) is 10.7. The zero-order chi connectivity index (χ0) is 24.3. The molecule has 0 aromatic carbocycles. The Morgan fingerprint density at radius 2 is 1.76 bits per heavy atom. The van der Waals surface area contributed by atoms with Crippen molar-refractivity contribution in [3.05, 3.63) is 77.6 Å². The van der Waals surface area contributed by atoms with E-state index < -0.39 is 23.8 Å². The quantitative estimate of drug-likeness (QED) is 0.396. The number of aromatic amines is 1. The van der Waals surface area contributed by atoms with E-state index in [0.717, 1.165) is 0 Å². The summed E-state index contributed by atoms with van der Waals surface area (Å²) in [5, 5.41) is 13.8. The van der Waals surface area contributed by atoms with Gasteiger partial charge in [-0.1, -0.05) is 6.07 Å². The van der Waals surface area contributed by atoms with Crippen LogP contribution < -0.4 is 10.1 Å². The fraction of sp³-hybridized carbons (Fsp3) is 0.292. The Kier molecular flexibility index (Phi) is 6.42. The van der Waals surface area contributed by atoms with Crippen LogP contribution >= 0.6 is 0 Å². The summed E-state index contributed by atoms with van der Waals surface area (Å²) in [5.74, 6) is 0.452. The third kappa shape index (κ3) is 5.12. The number of pyridine rings is 2. The number of alkyl carbamates (subject to hydrolysis) is 1. The van der Waals surface area contributed by atoms with Crippen LogP contribution in [-0.2, 0) is 4.74 Å². The Balaban J connectivity index is 1.62. The molecule has 4 aromatic heterocycles. The Labute approximate surface area is 196 Å². The van der Waals surface area contributed by atoms with Crippen LogP contribution in [0.1, 0.15) is 55.3 Å². The van der Waals surface area contributed by atoms with Crippen LogP contribution in [0.4, 0.5) is 4.79 Å². The van der Waals surface area contributed by atoms with Crippen LogP contribution in [-0.4, -0.2) is 48.8 Å². The average molecular weight is 463 g/mol. The molecule has 1 amide bonds. The normalized spacial score (nSPS) is 13.3. The number of methoxy groups -OCH3 is 1. The highest BCUT2D eigenvalue weighted by Gasteiger charge is 2.24. The molecular weight excluding hydrogens is 436 g/mol. The summed E-state index contributed by atoms with van der Waals surface area (Å²) in [6.07, 6.45) is 6.47. The molecule has 0 aliphatic heterocycles. The van der Waals surface area contributed by atoms with E-state index in [1.807, 2.05) is 0 Å². The first-order chi connectivity index (χ1) is 16.2. The molecule has 176 valence electrons. The third-order valence-electron chi connectivity index (χ3n) is 5.01. The molecule has 0 bridgehead atoms. The lowest BCUT2D eigenvalue weighted by molar-refractivity contribution is 0.0511. The van der Waals surface area contributed by atoms with Gasteiger partial charge in [-0.3, -0.25) is 9.97 Å². The maximum atomic E-state index is 12.5. The highest BCUT2D eigenvalue weighted by Crippen LogP contribution is 2.28. The van der Waals surface area contributed by atoms with Gasteiger partial charge in [0.15, 0.2) is 5.65 Å². The molecule has 10 nitrogen and oxygen atoms in total. The molecule has 4 rings (SSSR count). The zero-order valence-corrected chi connectivity index (χ0v) is 19.3. The highest BCUT2D eigenvalue weighted by atomic mass is 16.6. The number of hydrogen-bond acceptors (Lipinski definition) is 8.